The van der Waals surface area contributed by atoms with Gasteiger partial charge in [-0.2, -0.15) is 0 Å². The molecule has 2 aromatic rings. The zero-order valence-corrected chi connectivity index (χ0v) is 10.9. The Morgan fingerprint density at radius 2 is 1.86 bits per heavy atom. The predicted octanol–water partition coefficient (Wildman–Crippen LogP) is 2.91. The molecule has 0 aliphatic heterocycles. The Kier molecular flexibility index (Phi) is 4.44. The van der Waals surface area contributed by atoms with E-state index in [-0.39, 0.29) is 23.5 Å². The normalized spacial score (nSPS) is 10.4. The first-order valence-corrected chi connectivity index (χ1v) is 6.06. The van der Waals surface area contributed by atoms with E-state index in [4.69, 9.17) is 10.5 Å². The van der Waals surface area contributed by atoms with Crippen molar-refractivity contribution in [3.05, 3.63) is 69.3 Å². The van der Waals surface area contributed by atoms with Crippen LogP contribution < -0.4 is 10.5 Å². The van der Waals surface area contributed by atoms with Crippen LogP contribution in [0.15, 0.2) is 36.4 Å². The smallest absolute Gasteiger partial charge is 0.310 e. The summed E-state index contributed by atoms with van der Waals surface area (Å²) in [5, 5.41) is 10.9. The molecule has 0 aromatic heterocycles. The van der Waals surface area contributed by atoms with E-state index in [1.807, 2.05) is 0 Å². The highest BCUT2D eigenvalue weighted by Gasteiger charge is 2.17. The fourth-order valence-electron chi connectivity index (χ4n) is 1.77. The van der Waals surface area contributed by atoms with Crippen molar-refractivity contribution < 1.29 is 18.4 Å². The number of rotatable bonds is 5. The van der Waals surface area contributed by atoms with Crippen LogP contribution >= 0.6 is 0 Å². The Morgan fingerprint density at radius 1 is 1.19 bits per heavy atom. The van der Waals surface area contributed by atoms with E-state index in [2.05, 4.69) is 0 Å². The molecule has 110 valence electrons. The summed E-state index contributed by atoms with van der Waals surface area (Å²) in [4.78, 5) is 10.3. The third kappa shape index (κ3) is 3.32. The van der Waals surface area contributed by atoms with Crippen molar-refractivity contribution in [1.82, 2.24) is 0 Å². The van der Waals surface area contributed by atoms with Gasteiger partial charge in [0.1, 0.15) is 18.2 Å². The summed E-state index contributed by atoms with van der Waals surface area (Å²) in [5.41, 5.74) is 5.50. The van der Waals surface area contributed by atoms with Gasteiger partial charge in [0.2, 0.25) is 0 Å². The standard InChI is InChI=1S/C14H12F2N2O3/c15-11-2-1-3-12(16)10(11)8-21-14-6-9(7-17)4-5-13(14)18(19)20/h1-6H,7-8,17H2. The molecular weight excluding hydrogens is 282 g/mol. The molecule has 0 radical (unpaired) electrons. The summed E-state index contributed by atoms with van der Waals surface area (Å²) >= 11 is 0. The Bertz CT molecular complexity index is 657. The summed E-state index contributed by atoms with van der Waals surface area (Å²) in [6.45, 7) is -0.282. The SMILES string of the molecule is NCc1ccc([N+](=O)[O-])c(OCc2c(F)cccc2F)c1. The molecule has 0 aliphatic rings. The first kappa shape index (κ1) is 14.9. The van der Waals surface area contributed by atoms with Gasteiger partial charge in [-0.25, -0.2) is 8.78 Å². The second kappa shape index (κ2) is 6.27. The number of nitro groups is 1. The lowest BCUT2D eigenvalue weighted by atomic mass is 10.2. The van der Waals surface area contributed by atoms with E-state index in [0.29, 0.717) is 5.56 Å². The molecule has 0 aliphatic carbocycles. The molecule has 0 spiro atoms. The minimum Gasteiger partial charge on any atom is -0.482 e. The number of benzene rings is 2. The highest BCUT2D eigenvalue weighted by Crippen LogP contribution is 2.29. The van der Waals surface area contributed by atoms with Crippen LogP contribution in [0.4, 0.5) is 14.5 Å². The fourth-order valence-corrected chi connectivity index (χ4v) is 1.77. The van der Waals surface area contributed by atoms with Crippen LogP contribution in [0, 0.1) is 21.7 Å². The Balaban J connectivity index is 2.28. The van der Waals surface area contributed by atoms with Gasteiger partial charge in [0.05, 0.1) is 10.5 Å². The van der Waals surface area contributed by atoms with Crippen molar-refractivity contribution in [2.45, 2.75) is 13.2 Å². The largest absolute Gasteiger partial charge is 0.482 e. The van der Waals surface area contributed by atoms with Crippen molar-refractivity contribution in [3.8, 4) is 5.75 Å². The minimum absolute atomic E-state index is 0.0781. The second-order valence-corrected chi connectivity index (χ2v) is 4.25. The zero-order chi connectivity index (χ0) is 15.4. The number of hydrogen-bond acceptors (Lipinski definition) is 4. The molecule has 0 fully saturated rings. The van der Waals surface area contributed by atoms with Gasteiger partial charge < -0.3 is 10.5 Å². The molecule has 0 saturated carbocycles. The van der Waals surface area contributed by atoms with E-state index in [1.54, 1.807) is 0 Å². The van der Waals surface area contributed by atoms with E-state index < -0.39 is 23.2 Å². The molecule has 0 amide bonds. The first-order valence-electron chi connectivity index (χ1n) is 6.06. The maximum Gasteiger partial charge on any atom is 0.310 e. The Labute approximate surface area is 119 Å². The summed E-state index contributed by atoms with van der Waals surface area (Å²) in [7, 11) is 0. The van der Waals surface area contributed by atoms with E-state index in [1.165, 1.54) is 24.3 Å². The number of hydrogen-bond donors (Lipinski definition) is 1. The first-order chi connectivity index (χ1) is 10.0. The molecule has 0 saturated heterocycles. The second-order valence-electron chi connectivity index (χ2n) is 4.25. The predicted molar refractivity (Wildman–Crippen MR) is 71.7 cm³/mol. The van der Waals surface area contributed by atoms with E-state index >= 15 is 0 Å². The summed E-state index contributed by atoms with van der Waals surface area (Å²) in [6.07, 6.45) is 0. The summed E-state index contributed by atoms with van der Waals surface area (Å²) in [6, 6.07) is 7.53. The third-order valence-electron chi connectivity index (χ3n) is 2.89. The topological polar surface area (TPSA) is 78.4 Å². The third-order valence-corrected chi connectivity index (χ3v) is 2.89. The fraction of sp³-hybridized carbons (Fsp3) is 0.143. The molecule has 5 nitrogen and oxygen atoms in total. The molecule has 0 heterocycles. The molecule has 0 atom stereocenters. The lowest BCUT2D eigenvalue weighted by molar-refractivity contribution is -0.386. The van der Waals surface area contributed by atoms with Crippen LogP contribution in [0.3, 0.4) is 0 Å². The van der Waals surface area contributed by atoms with Crippen LogP contribution in [-0.2, 0) is 13.2 Å². The number of nitrogens with two attached hydrogens (primary N) is 1. The minimum atomic E-state index is -0.771. The van der Waals surface area contributed by atoms with Gasteiger partial charge in [0, 0.05) is 12.6 Å². The monoisotopic (exact) mass is 294 g/mol. The van der Waals surface area contributed by atoms with Gasteiger partial charge in [0.15, 0.2) is 5.75 Å². The molecule has 2 N–H and O–H groups in total. The maximum atomic E-state index is 13.5. The highest BCUT2D eigenvalue weighted by atomic mass is 19.1. The lowest BCUT2D eigenvalue weighted by Crippen LogP contribution is -2.05. The van der Waals surface area contributed by atoms with Crippen molar-refractivity contribution >= 4 is 5.69 Å². The quantitative estimate of drug-likeness (QED) is 0.679. The number of halogens is 2. The molecular formula is C14H12F2N2O3. The summed E-state index contributed by atoms with van der Waals surface area (Å²) in [5.74, 6) is -1.62. The number of nitrogens with zero attached hydrogens (tertiary/aromatic N) is 1. The average Bonchev–Trinajstić information content (AvgIpc) is 2.46. The van der Waals surface area contributed by atoms with Crippen LogP contribution in [0.1, 0.15) is 11.1 Å². The van der Waals surface area contributed by atoms with Crippen LogP contribution in [0.25, 0.3) is 0 Å². The maximum absolute atomic E-state index is 13.5. The zero-order valence-electron chi connectivity index (χ0n) is 10.9. The Morgan fingerprint density at radius 3 is 2.43 bits per heavy atom. The van der Waals surface area contributed by atoms with Crippen LogP contribution in [0.5, 0.6) is 5.75 Å². The Hall–Kier alpha value is -2.54. The van der Waals surface area contributed by atoms with Crippen molar-refractivity contribution in [3.63, 3.8) is 0 Å². The molecule has 21 heavy (non-hydrogen) atoms. The van der Waals surface area contributed by atoms with Crippen LogP contribution in [0.2, 0.25) is 0 Å². The van der Waals surface area contributed by atoms with Gasteiger partial charge in [-0.3, -0.25) is 10.1 Å². The number of nitro benzene ring substituents is 1. The molecule has 2 rings (SSSR count). The van der Waals surface area contributed by atoms with Gasteiger partial charge in [0.25, 0.3) is 0 Å². The summed E-state index contributed by atoms with van der Waals surface area (Å²) < 4.78 is 32.2. The highest BCUT2D eigenvalue weighted by molar-refractivity contribution is 5.48. The number of ether oxygens (including phenoxy) is 1. The van der Waals surface area contributed by atoms with Crippen LogP contribution in [-0.4, -0.2) is 4.92 Å². The van der Waals surface area contributed by atoms with Gasteiger partial charge in [-0.1, -0.05) is 12.1 Å². The van der Waals surface area contributed by atoms with Crippen molar-refractivity contribution in [2.24, 2.45) is 5.73 Å². The molecule has 0 unspecified atom stereocenters. The van der Waals surface area contributed by atoms with Gasteiger partial charge >= 0.3 is 5.69 Å². The van der Waals surface area contributed by atoms with Gasteiger partial charge in [-0.05, 0) is 23.8 Å². The molecule has 2 aromatic carbocycles. The van der Waals surface area contributed by atoms with Crippen molar-refractivity contribution in [1.29, 1.82) is 0 Å². The lowest BCUT2D eigenvalue weighted by Gasteiger charge is -2.09. The van der Waals surface area contributed by atoms with E-state index in [0.717, 1.165) is 12.1 Å². The van der Waals surface area contributed by atoms with Crippen molar-refractivity contribution in [2.75, 3.05) is 0 Å². The van der Waals surface area contributed by atoms with Gasteiger partial charge in [-0.15, -0.1) is 0 Å². The average molecular weight is 294 g/mol. The molecule has 0 bridgehead atoms. The molecule has 7 heteroatoms. The van der Waals surface area contributed by atoms with E-state index in [9.17, 15) is 18.9 Å².